The molecule has 0 bridgehead atoms. The first-order valence-corrected chi connectivity index (χ1v) is 6.58. The molecule has 0 unspecified atom stereocenters. The van der Waals surface area contributed by atoms with E-state index in [1.54, 1.807) is 36.7 Å². The van der Waals surface area contributed by atoms with Crippen LogP contribution in [-0.4, -0.2) is 4.98 Å². The minimum Gasteiger partial charge on any atom is -0.264 e. The Morgan fingerprint density at radius 1 is 1.10 bits per heavy atom. The molecule has 0 amide bonds. The first-order valence-electron chi connectivity index (χ1n) is 5.78. The summed E-state index contributed by atoms with van der Waals surface area (Å²) in [6.45, 7) is 0. The number of fused-ring (bicyclic) bond motifs is 3. The van der Waals surface area contributed by atoms with Gasteiger partial charge in [0.05, 0.1) is 0 Å². The molecule has 2 aromatic carbocycles. The second-order valence-corrected chi connectivity index (χ2v) is 5.31. The molecule has 1 heterocycles. The van der Waals surface area contributed by atoms with Gasteiger partial charge in [0.25, 0.3) is 0 Å². The quantitative estimate of drug-likeness (QED) is 0.602. The molecular weight excluding hydrogens is 326 g/mol. The van der Waals surface area contributed by atoms with Gasteiger partial charge in [-0.3, -0.25) is 4.98 Å². The number of nitriles is 1. The summed E-state index contributed by atoms with van der Waals surface area (Å²) in [6, 6.07) is 9.12. The fourth-order valence-corrected chi connectivity index (χ4v) is 2.64. The summed E-state index contributed by atoms with van der Waals surface area (Å²) in [7, 11) is 0. The van der Waals surface area contributed by atoms with Crippen molar-refractivity contribution in [1.82, 2.24) is 4.98 Å². The van der Waals surface area contributed by atoms with Gasteiger partial charge < -0.3 is 0 Å². The molecule has 98 valence electrons. The van der Waals surface area contributed by atoms with Gasteiger partial charge in [-0.2, -0.15) is 14.0 Å². The third kappa shape index (κ3) is 1.93. The number of rotatable bonds is 1. The average molecular weight is 333 g/mol. The third-order valence-electron chi connectivity index (χ3n) is 3.20. The fraction of sp³-hybridized carbons (Fsp3) is 0.0667. The van der Waals surface area contributed by atoms with Crippen LogP contribution >= 0.6 is 15.9 Å². The van der Waals surface area contributed by atoms with E-state index in [4.69, 9.17) is 5.26 Å². The van der Waals surface area contributed by atoms with E-state index in [9.17, 15) is 8.78 Å². The SMILES string of the molecule is N#CC(F)(F)c1cc2ccncc2c2cc(Br)ccc12. The standard InChI is InChI=1S/C15H7BrF2N2/c16-10-1-2-11-12(6-10)13-7-20-4-3-9(13)5-14(11)15(17,18)8-19/h1-7H. The maximum absolute atomic E-state index is 13.9. The van der Waals surface area contributed by atoms with Crippen LogP contribution in [0.1, 0.15) is 5.56 Å². The molecule has 0 aliphatic heterocycles. The van der Waals surface area contributed by atoms with Crippen LogP contribution in [0.5, 0.6) is 0 Å². The maximum Gasteiger partial charge on any atom is 0.358 e. The molecule has 0 N–H and O–H groups in total. The van der Waals surface area contributed by atoms with E-state index in [1.807, 2.05) is 0 Å². The second-order valence-electron chi connectivity index (χ2n) is 4.40. The number of aromatic nitrogens is 1. The predicted octanol–water partition coefficient (Wildman–Crippen LogP) is 4.77. The Bertz CT molecular complexity index is 869. The van der Waals surface area contributed by atoms with Gasteiger partial charge in [0.15, 0.2) is 0 Å². The molecule has 0 aliphatic rings. The van der Waals surface area contributed by atoms with Crippen molar-refractivity contribution >= 4 is 37.5 Å². The van der Waals surface area contributed by atoms with Crippen LogP contribution in [0.3, 0.4) is 0 Å². The smallest absolute Gasteiger partial charge is 0.264 e. The minimum absolute atomic E-state index is 0.277. The lowest BCUT2D eigenvalue weighted by Gasteiger charge is -2.14. The largest absolute Gasteiger partial charge is 0.358 e. The summed E-state index contributed by atoms with van der Waals surface area (Å²) in [4.78, 5) is 4.04. The Hall–Kier alpha value is -2.06. The van der Waals surface area contributed by atoms with Gasteiger partial charge in [0.2, 0.25) is 0 Å². The van der Waals surface area contributed by atoms with Crippen molar-refractivity contribution < 1.29 is 8.78 Å². The number of alkyl halides is 2. The number of hydrogen-bond donors (Lipinski definition) is 0. The third-order valence-corrected chi connectivity index (χ3v) is 3.69. The molecule has 0 aliphatic carbocycles. The predicted molar refractivity (Wildman–Crippen MR) is 76.5 cm³/mol. The number of halogens is 3. The van der Waals surface area contributed by atoms with Gasteiger partial charge >= 0.3 is 5.92 Å². The van der Waals surface area contributed by atoms with E-state index in [1.165, 1.54) is 6.07 Å². The molecule has 0 saturated heterocycles. The van der Waals surface area contributed by atoms with Gasteiger partial charge in [-0.25, -0.2) is 0 Å². The van der Waals surface area contributed by atoms with Crippen molar-refractivity contribution in [3.8, 4) is 6.07 Å². The van der Waals surface area contributed by atoms with Crippen molar-refractivity contribution in [2.75, 3.05) is 0 Å². The van der Waals surface area contributed by atoms with E-state index >= 15 is 0 Å². The number of benzene rings is 2. The molecule has 3 aromatic rings. The van der Waals surface area contributed by atoms with Gasteiger partial charge in [-0.1, -0.05) is 22.0 Å². The van der Waals surface area contributed by atoms with Crippen LogP contribution < -0.4 is 0 Å². The van der Waals surface area contributed by atoms with Gasteiger partial charge in [0, 0.05) is 27.8 Å². The first kappa shape index (κ1) is 12.9. The van der Waals surface area contributed by atoms with Crippen molar-refractivity contribution in [3.63, 3.8) is 0 Å². The maximum atomic E-state index is 13.9. The molecule has 1 aromatic heterocycles. The Morgan fingerprint density at radius 2 is 1.90 bits per heavy atom. The Labute approximate surface area is 121 Å². The molecule has 0 radical (unpaired) electrons. The second kappa shape index (κ2) is 4.50. The molecule has 0 saturated carbocycles. The van der Waals surface area contributed by atoms with Crippen LogP contribution in [0.25, 0.3) is 21.5 Å². The zero-order valence-corrected chi connectivity index (χ0v) is 11.7. The summed E-state index contributed by atoms with van der Waals surface area (Å²) in [5, 5.41) is 11.1. The Balaban J connectivity index is 2.55. The minimum atomic E-state index is -3.52. The highest BCUT2D eigenvalue weighted by atomic mass is 79.9. The van der Waals surface area contributed by atoms with Gasteiger partial charge in [-0.05, 0) is 40.4 Å². The van der Waals surface area contributed by atoms with Crippen LogP contribution in [0.2, 0.25) is 0 Å². The molecule has 5 heteroatoms. The van der Waals surface area contributed by atoms with Crippen LogP contribution in [-0.2, 0) is 5.92 Å². The van der Waals surface area contributed by atoms with E-state index < -0.39 is 5.92 Å². The highest BCUT2D eigenvalue weighted by molar-refractivity contribution is 9.10. The lowest BCUT2D eigenvalue weighted by molar-refractivity contribution is 0.0631. The molecule has 3 rings (SSSR count). The summed E-state index contributed by atoms with van der Waals surface area (Å²) in [5.41, 5.74) is -0.277. The van der Waals surface area contributed by atoms with Crippen LogP contribution in [0.15, 0.2) is 47.2 Å². The van der Waals surface area contributed by atoms with E-state index in [2.05, 4.69) is 20.9 Å². The van der Waals surface area contributed by atoms with Gasteiger partial charge in [0.1, 0.15) is 6.07 Å². The summed E-state index contributed by atoms with van der Waals surface area (Å²) >= 11 is 3.34. The highest BCUT2D eigenvalue weighted by Gasteiger charge is 2.33. The van der Waals surface area contributed by atoms with E-state index in [0.717, 1.165) is 15.9 Å². The molecule has 0 atom stereocenters. The molecule has 20 heavy (non-hydrogen) atoms. The summed E-state index contributed by atoms with van der Waals surface area (Å²) in [5.74, 6) is -3.52. The molecule has 0 fully saturated rings. The van der Waals surface area contributed by atoms with Crippen LogP contribution in [0.4, 0.5) is 8.78 Å². The zero-order chi connectivity index (χ0) is 14.3. The topological polar surface area (TPSA) is 36.7 Å². The van der Waals surface area contributed by atoms with Crippen LogP contribution in [0, 0.1) is 11.3 Å². The Kier molecular flexibility index (Phi) is 2.91. The van der Waals surface area contributed by atoms with Crippen molar-refractivity contribution in [2.24, 2.45) is 0 Å². The normalized spacial score (nSPS) is 11.7. The van der Waals surface area contributed by atoms with Gasteiger partial charge in [-0.15, -0.1) is 0 Å². The Morgan fingerprint density at radius 3 is 2.65 bits per heavy atom. The molecular formula is C15H7BrF2N2. The monoisotopic (exact) mass is 332 g/mol. The lowest BCUT2D eigenvalue weighted by Crippen LogP contribution is -2.10. The first-order chi connectivity index (χ1) is 9.53. The summed E-state index contributed by atoms with van der Waals surface area (Å²) < 4.78 is 28.5. The summed E-state index contributed by atoms with van der Waals surface area (Å²) in [6.07, 6.45) is 3.18. The average Bonchev–Trinajstić information content (AvgIpc) is 2.46. The zero-order valence-electron chi connectivity index (χ0n) is 10.1. The van der Waals surface area contributed by atoms with Crippen molar-refractivity contribution in [1.29, 1.82) is 5.26 Å². The number of hydrogen-bond acceptors (Lipinski definition) is 2. The number of nitrogens with zero attached hydrogens (tertiary/aromatic N) is 2. The highest BCUT2D eigenvalue weighted by Crippen LogP contribution is 2.38. The van der Waals surface area contributed by atoms with Crippen molar-refractivity contribution in [2.45, 2.75) is 5.92 Å². The van der Waals surface area contributed by atoms with E-state index in [-0.39, 0.29) is 5.56 Å². The van der Waals surface area contributed by atoms with Crippen molar-refractivity contribution in [3.05, 3.63) is 52.8 Å². The fourth-order valence-electron chi connectivity index (χ4n) is 2.28. The van der Waals surface area contributed by atoms with E-state index in [0.29, 0.717) is 16.2 Å². The lowest BCUT2D eigenvalue weighted by atomic mass is 9.95. The number of pyridine rings is 1. The molecule has 0 spiro atoms. The molecule has 2 nitrogen and oxygen atoms in total.